The lowest BCUT2D eigenvalue weighted by molar-refractivity contribution is 0.489. The van der Waals surface area contributed by atoms with E-state index in [1.807, 2.05) is 20.1 Å². The van der Waals surface area contributed by atoms with Crippen molar-refractivity contribution in [1.82, 2.24) is 5.32 Å². The highest BCUT2D eigenvalue weighted by Crippen LogP contribution is 2.23. The highest BCUT2D eigenvalue weighted by Gasteiger charge is 2.12. The van der Waals surface area contributed by atoms with Crippen LogP contribution in [0, 0.1) is 0 Å². The lowest BCUT2D eigenvalue weighted by Crippen LogP contribution is -2.30. The van der Waals surface area contributed by atoms with Gasteiger partial charge in [-0.1, -0.05) is 46.3 Å². The number of aliphatic imine (C=N–C) groups is 2. The first-order valence-electron chi connectivity index (χ1n) is 8.97. The largest absolute Gasteiger partial charge is 0.381 e. The van der Waals surface area contributed by atoms with Gasteiger partial charge in [-0.15, -0.1) is 0 Å². The zero-order valence-electron chi connectivity index (χ0n) is 15.6. The Bertz CT molecular complexity index is 515. The highest BCUT2D eigenvalue weighted by molar-refractivity contribution is 5.98. The molecule has 0 saturated carbocycles. The van der Waals surface area contributed by atoms with Crippen molar-refractivity contribution in [1.29, 1.82) is 0 Å². The first kappa shape index (κ1) is 19.4. The molecule has 128 valence electrons. The van der Waals surface area contributed by atoms with E-state index in [1.165, 1.54) is 31.3 Å². The predicted molar refractivity (Wildman–Crippen MR) is 103 cm³/mol. The van der Waals surface area contributed by atoms with Crippen molar-refractivity contribution in [2.45, 2.75) is 79.2 Å². The molecule has 0 atom stereocenters. The van der Waals surface area contributed by atoms with Crippen LogP contribution in [0.3, 0.4) is 0 Å². The Morgan fingerprint density at radius 2 is 1.96 bits per heavy atom. The fourth-order valence-corrected chi connectivity index (χ4v) is 2.81. The summed E-state index contributed by atoms with van der Waals surface area (Å²) in [6.45, 7) is 14.9. The molecule has 0 spiro atoms. The number of nitrogens with zero attached hydrogens (tertiary/aromatic N) is 2. The van der Waals surface area contributed by atoms with Crippen molar-refractivity contribution < 1.29 is 0 Å². The normalized spacial score (nSPS) is 15.7. The van der Waals surface area contributed by atoms with E-state index in [9.17, 15) is 0 Å². The third-order valence-electron chi connectivity index (χ3n) is 4.15. The molecule has 23 heavy (non-hydrogen) atoms. The predicted octanol–water partition coefficient (Wildman–Crippen LogP) is 5.56. The third kappa shape index (κ3) is 6.17. The monoisotopic (exact) mass is 315 g/mol. The van der Waals surface area contributed by atoms with Crippen molar-refractivity contribution in [3.8, 4) is 0 Å². The Kier molecular flexibility index (Phi) is 8.60. The van der Waals surface area contributed by atoms with Crippen molar-refractivity contribution in [3.05, 3.63) is 35.3 Å². The molecule has 0 radical (unpaired) electrons. The molecule has 0 amide bonds. The average molecular weight is 316 g/mol. The van der Waals surface area contributed by atoms with Crippen LogP contribution in [0.15, 0.2) is 45.3 Å². The van der Waals surface area contributed by atoms with Crippen LogP contribution in [0.4, 0.5) is 0 Å². The maximum Gasteiger partial charge on any atom is 0.0874 e. The molecule has 0 aliphatic carbocycles. The number of allylic oxidation sites excluding steroid dienone is 4. The summed E-state index contributed by atoms with van der Waals surface area (Å²) >= 11 is 0. The molecule has 0 aromatic rings. The van der Waals surface area contributed by atoms with Crippen LogP contribution in [0.25, 0.3) is 0 Å². The van der Waals surface area contributed by atoms with Crippen LogP contribution >= 0.6 is 0 Å². The van der Waals surface area contributed by atoms with Gasteiger partial charge in [-0.2, -0.15) is 0 Å². The fraction of sp³-hybridized carbons (Fsp3) is 0.600. The van der Waals surface area contributed by atoms with Crippen LogP contribution in [0.1, 0.15) is 73.1 Å². The summed E-state index contributed by atoms with van der Waals surface area (Å²) in [6, 6.07) is 0.492. The molecule has 1 aliphatic rings. The summed E-state index contributed by atoms with van der Waals surface area (Å²) in [5, 5.41) is 3.57. The molecule has 0 saturated heterocycles. The van der Waals surface area contributed by atoms with Gasteiger partial charge in [-0.05, 0) is 38.7 Å². The van der Waals surface area contributed by atoms with E-state index < -0.39 is 0 Å². The van der Waals surface area contributed by atoms with Crippen molar-refractivity contribution in [3.63, 3.8) is 0 Å². The summed E-state index contributed by atoms with van der Waals surface area (Å²) in [6.07, 6.45) is 10.7. The van der Waals surface area contributed by atoms with Gasteiger partial charge in [-0.3, -0.25) is 4.99 Å². The zero-order valence-corrected chi connectivity index (χ0v) is 15.6. The molecular formula is C20H33N3. The first-order chi connectivity index (χ1) is 11.0. The van der Waals surface area contributed by atoms with Gasteiger partial charge in [0, 0.05) is 24.4 Å². The first-order valence-corrected chi connectivity index (χ1v) is 8.97. The number of hydrogen-bond donors (Lipinski definition) is 1. The summed E-state index contributed by atoms with van der Waals surface area (Å²) in [7, 11) is 0. The van der Waals surface area contributed by atoms with E-state index in [0.29, 0.717) is 6.04 Å². The highest BCUT2D eigenvalue weighted by atomic mass is 15.0. The SMILES string of the molecule is C=C(NC(CCC)CCC)/C(C)=N/C1=C(C)N=CCC=C1CC. The fourth-order valence-electron chi connectivity index (χ4n) is 2.81. The minimum Gasteiger partial charge on any atom is -0.381 e. The van der Waals surface area contributed by atoms with Crippen LogP contribution in [0.2, 0.25) is 0 Å². The topological polar surface area (TPSA) is 36.8 Å². The van der Waals surface area contributed by atoms with E-state index in [1.54, 1.807) is 0 Å². The Labute approximate surface area is 142 Å². The van der Waals surface area contributed by atoms with E-state index in [-0.39, 0.29) is 0 Å². The summed E-state index contributed by atoms with van der Waals surface area (Å²) in [5.74, 6) is 0. The Morgan fingerprint density at radius 3 is 2.52 bits per heavy atom. The van der Waals surface area contributed by atoms with Gasteiger partial charge in [0.1, 0.15) is 0 Å². The Balaban J connectivity index is 2.92. The van der Waals surface area contributed by atoms with Gasteiger partial charge in [0.15, 0.2) is 0 Å². The molecule has 1 rings (SSSR count). The van der Waals surface area contributed by atoms with E-state index in [0.717, 1.165) is 35.6 Å². The second-order valence-electron chi connectivity index (χ2n) is 6.16. The molecule has 3 nitrogen and oxygen atoms in total. The molecule has 0 aromatic carbocycles. The van der Waals surface area contributed by atoms with Crippen LogP contribution in [0.5, 0.6) is 0 Å². The summed E-state index contributed by atoms with van der Waals surface area (Å²) < 4.78 is 0. The molecule has 1 aliphatic heterocycles. The van der Waals surface area contributed by atoms with E-state index >= 15 is 0 Å². The minimum atomic E-state index is 0.492. The van der Waals surface area contributed by atoms with E-state index in [4.69, 9.17) is 4.99 Å². The third-order valence-corrected chi connectivity index (χ3v) is 4.15. The minimum absolute atomic E-state index is 0.492. The average Bonchev–Trinajstić information content (AvgIpc) is 2.69. The standard InChI is InChI=1S/C20H33N3/c1-7-11-19(12-8-2)22-15(4)16(5)23-20-17(6)21-14-10-13-18(20)9-3/h13-14,19,22H,4,7-12H2,1-3,5-6H3/b23-16+. The van der Waals surface area contributed by atoms with Gasteiger partial charge in [0.25, 0.3) is 0 Å². The van der Waals surface area contributed by atoms with Gasteiger partial charge in [0.05, 0.1) is 17.1 Å². The molecule has 0 unspecified atom stereocenters. The van der Waals surface area contributed by atoms with E-state index in [2.05, 4.69) is 43.7 Å². The maximum atomic E-state index is 4.85. The quantitative estimate of drug-likeness (QED) is 0.555. The van der Waals surface area contributed by atoms with Crippen molar-refractivity contribution in [2.75, 3.05) is 0 Å². The summed E-state index contributed by atoms with van der Waals surface area (Å²) in [4.78, 5) is 9.34. The van der Waals surface area contributed by atoms with Gasteiger partial charge < -0.3 is 5.32 Å². The maximum absolute atomic E-state index is 4.85. The lowest BCUT2D eigenvalue weighted by atomic mass is 10.1. The van der Waals surface area contributed by atoms with Gasteiger partial charge in [-0.25, -0.2) is 4.99 Å². The second-order valence-corrected chi connectivity index (χ2v) is 6.16. The van der Waals surface area contributed by atoms with Gasteiger partial charge >= 0.3 is 0 Å². The van der Waals surface area contributed by atoms with Crippen molar-refractivity contribution >= 4 is 11.9 Å². The molecule has 3 heteroatoms. The van der Waals surface area contributed by atoms with Crippen LogP contribution in [-0.2, 0) is 0 Å². The van der Waals surface area contributed by atoms with Gasteiger partial charge in [0.2, 0.25) is 0 Å². The molecule has 1 N–H and O–H groups in total. The van der Waals surface area contributed by atoms with Crippen LogP contribution < -0.4 is 5.32 Å². The molecule has 0 fully saturated rings. The molecule has 1 heterocycles. The number of hydrogen-bond acceptors (Lipinski definition) is 3. The molecule has 0 aromatic heterocycles. The molecular weight excluding hydrogens is 282 g/mol. The second kappa shape index (κ2) is 10.2. The Morgan fingerprint density at radius 1 is 1.30 bits per heavy atom. The lowest BCUT2D eigenvalue weighted by Gasteiger charge is -2.20. The smallest absolute Gasteiger partial charge is 0.0874 e. The van der Waals surface area contributed by atoms with Crippen LogP contribution in [-0.4, -0.2) is 18.0 Å². The van der Waals surface area contributed by atoms with Crippen molar-refractivity contribution in [2.24, 2.45) is 9.98 Å². The number of nitrogens with one attached hydrogen (secondary N) is 1. The number of rotatable bonds is 9. The Hall–Kier alpha value is -1.64. The molecule has 0 bridgehead atoms. The summed E-state index contributed by atoms with van der Waals surface area (Å²) in [5.41, 5.74) is 5.14. The zero-order chi connectivity index (χ0) is 17.2.